The molecule has 0 radical (unpaired) electrons. The first-order valence-corrected chi connectivity index (χ1v) is 7.18. The average Bonchev–Trinajstić information content (AvgIpc) is 2.97. The Hall–Kier alpha value is -1.97. The smallest absolute Gasteiger partial charge is 0.241 e. The minimum absolute atomic E-state index is 0.290. The quantitative estimate of drug-likeness (QED) is 0.930. The fourth-order valence-corrected chi connectivity index (χ4v) is 2.82. The molecule has 0 spiro atoms. The molecule has 4 heteroatoms. The van der Waals surface area contributed by atoms with Crippen LogP contribution in [0.15, 0.2) is 18.2 Å². The van der Waals surface area contributed by atoms with Crippen LogP contribution >= 0.6 is 0 Å². The Morgan fingerprint density at radius 1 is 1.25 bits per heavy atom. The maximum absolute atomic E-state index is 6.16. The summed E-state index contributed by atoms with van der Waals surface area (Å²) in [5, 5.41) is 4.44. The van der Waals surface area contributed by atoms with Crippen LogP contribution in [-0.2, 0) is 19.9 Å². The van der Waals surface area contributed by atoms with E-state index in [1.807, 2.05) is 13.1 Å². The van der Waals surface area contributed by atoms with Gasteiger partial charge < -0.3 is 10.5 Å². The lowest BCUT2D eigenvalue weighted by atomic mass is 10.1. The summed E-state index contributed by atoms with van der Waals surface area (Å²) < 4.78 is 7.69. The number of nitrogens with two attached hydrogens (primary N) is 1. The van der Waals surface area contributed by atoms with Gasteiger partial charge in [0.15, 0.2) is 0 Å². The van der Waals surface area contributed by atoms with Crippen molar-refractivity contribution in [3.05, 3.63) is 35.0 Å². The first-order chi connectivity index (χ1) is 9.56. The van der Waals surface area contributed by atoms with Crippen molar-refractivity contribution in [3.8, 4) is 11.6 Å². The minimum Gasteiger partial charge on any atom is -0.437 e. The molecule has 1 aromatic carbocycles. The molecular weight excluding hydrogens is 250 g/mol. The topological polar surface area (TPSA) is 53.1 Å². The monoisotopic (exact) mass is 271 g/mol. The van der Waals surface area contributed by atoms with Crippen molar-refractivity contribution in [1.29, 1.82) is 0 Å². The molecular formula is C16H21N3O. The molecule has 1 heterocycles. The number of nitrogen functional groups attached to an aromatic ring is 1. The number of nitrogens with zero attached hydrogens (tertiary/aromatic N) is 2. The predicted octanol–water partition coefficient (Wildman–Crippen LogP) is 3.41. The van der Waals surface area contributed by atoms with E-state index in [0.29, 0.717) is 17.5 Å². The molecule has 0 amide bonds. The standard InChI is InChI=1S/C16H21N3O/c1-10(2)15-14(17)16(19(3)18-15)20-13-8-7-11-5-4-6-12(11)9-13/h7-10H,4-6,17H2,1-3H3. The molecule has 2 aromatic rings. The van der Waals surface area contributed by atoms with Gasteiger partial charge in [0.25, 0.3) is 0 Å². The average molecular weight is 271 g/mol. The molecule has 0 unspecified atom stereocenters. The van der Waals surface area contributed by atoms with Gasteiger partial charge in [-0.3, -0.25) is 0 Å². The van der Waals surface area contributed by atoms with Crippen LogP contribution in [0.25, 0.3) is 0 Å². The van der Waals surface area contributed by atoms with E-state index >= 15 is 0 Å². The second-order valence-electron chi connectivity index (χ2n) is 5.77. The summed E-state index contributed by atoms with van der Waals surface area (Å²) in [5.74, 6) is 1.76. The van der Waals surface area contributed by atoms with Crippen molar-refractivity contribution in [2.75, 3.05) is 5.73 Å². The fraction of sp³-hybridized carbons (Fsp3) is 0.438. The number of aromatic nitrogens is 2. The molecule has 0 saturated heterocycles. The van der Waals surface area contributed by atoms with Gasteiger partial charge in [0, 0.05) is 7.05 Å². The molecule has 1 aromatic heterocycles. The lowest BCUT2D eigenvalue weighted by molar-refractivity contribution is 0.432. The van der Waals surface area contributed by atoms with E-state index in [-0.39, 0.29) is 0 Å². The highest BCUT2D eigenvalue weighted by molar-refractivity contribution is 5.55. The highest BCUT2D eigenvalue weighted by Crippen LogP contribution is 2.34. The van der Waals surface area contributed by atoms with Crippen LogP contribution < -0.4 is 10.5 Å². The van der Waals surface area contributed by atoms with Crippen LogP contribution in [0.1, 0.15) is 43.0 Å². The normalized spacial score (nSPS) is 13.8. The second-order valence-corrected chi connectivity index (χ2v) is 5.77. The van der Waals surface area contributed by atoms with Crippen LogP contribution in [0.2, 0.25) is 0 Å². The van der Waals surface area contributed by atoms with E-state index in [9.17, 15) is 0 Å². The van der Waals surface area contributed by atoms with E-state index in [0.717, 1.165) is 17.9 Å². The third kappa shape index (κ3) is 2.15. The Balaban J connectivity index is 1.91. The molecule has 1 aliphatic rings. The number of aryl methyl sites for hydroxylation is 3. The Kier molecular flexibility index (Phi) is 3.16. The molecule has 0 bridgehead atoms. The number of ether oxygens (including phenoxy) is 1. The number of hydrogen-bond acceptors (Lipinski definition) is 3. The molecule has 2 N–H and O–H groups in total. The van der Waals surface area contributed by atoms with E-state index in [1.165, 1.54) is 24.0 Å². The van der Waals surface area contributed by atoms with Gasteiger partial charge in [-0.05, 0) is 48.4 Å². The van der Waals surface area contributed by atoms with Crippen molar-refractivity contribution in [1.82, 2.24) is 9.78 Å². The largest absolute Gasteiger partial charge is 0.437 e. The van der Waals surface area contributed by atoms with Gasteiger partial charge in [-0.15, -0.1) is 0 Å². The summed E-state index contributed by atoms with van der Waals surface area (Å²) in [6, 6.07) is 6.31. The minimum atomic E-state index is 0.290. The van der Waals surface area contributed by atoms with Crippen molar-refractivity contribution in [3.63, 3.8) is 0 Å². The van der Waals surface area contributed by atoms with E-state index in [2.05, 4.69) is 31.1 Å². The van der Waals surface area contributed by atoms with Crippen LogP contribution in [0, 0.1) is 0 Å². The summed E-state index contributed by atoms with van der Waals surface area (Å²) in [6.45, 7) is 4.16. The Bertz CT molecular complexity index is 643. The summed E-state index contributed by atoms with van der Waals surface area (Å²) >= 11 is 0. The molecule has 0 saturated carbocycles. The highest BCUT2D eigenvalue weighted by atomic mass is 16.5. The number of hydrogen-bond donors (Lipinski definition) is 1. The van der Waals surface area contributed by atoms with Gasteiger partial charge >= 0.3 is 0 Å². The summed E-state index contributed by atoms with van der Waals surface area (Å²) in [4.78, 5) is 0. The molecule has 0 atom stereocenters. The van der Waals surface area contributed by atoms with Gasteiger partial charge in [0.1, 0.15) is 11.4 Å². The van der Waals surface area contributed by atoms with Crippen molar-refractivity contribution >= 4 is 5.69 Å². The summed E-state index contributed by atoms with van der Waals surface area (Å²) in [5.41, 5.74) is 10.5. The molecule has 4 nitrogen and oxygen atoms in total. The third-order valence-corrected chi connectivity index (χ3v) is 3.89. The molecule has 1 aliphatic carbocycles. The Morgan fingerprint density at radius 2 is 2.00 bits per heavy atom. The zero-order chi connectivity index (χ0) is 14.3. The first kappa shape index (κ1) is 13.0. The van der Waals surface area contributed by atoms with Crippen molar-refractivity contribution in [2.24, 2.45) is 7.05 Å². The fourth-order valence-electron chi connectivity index (χ4n) is 2.82. The van der Waals surface area contributed by atoms with Gasteiger partial charge in [0.2, 0.25) is 5.88 Å². The van der Waals surface area contributed by atoms with Gasteiger partial charge in [-0.2, -0.15) is 5.10 Å². The van der Waals surface area contributed by atoms with Gasteiger partial charge in [0.05, 0.1) is 5.69 Å². The number of benzene rings is 1. The van der Waals surface area contributed by atoms with Crippen molar-refractivity contribution in [2.45, 2.75) is 39.0 Å². The van der Waals surface area contributed by atoms with Crippen LogP contribution in [0.3, 0.4) is 0 Å². The predicted molar refractivity (Wildman–Crippen MR) is 80.3 cm³/mol. The maximum Gasteiger partial charge on any atom is 0.241 e. The lowest BCUT2D eigenvalue weighted by Gasteiger charge is -2.08. The van der Waals surface area contributed by atoms with Crippen LogP contribution in [0.4, 0.5) is 5.69 Å². The number of rotatable bonds is 3. The maximum atomic E-state index is 6.16. The second kappa shape index (κ2) is 4.85. The van der Waals surface area contributed by atoms with Gasteiger partial charge in [-0.1, -0.05) is 19.9 Å². The number of anilines is 1. The summed E-state index contributed by atoms with van der Waals surface area (Å²) in [6.07, 6.45) is 3.57. The van der Waals surface area contributed by atoms with Crippen LogP contribution in [-0.4, -0.2) is 9.78 Å². The van der Waals surface area contributed by atoms with Crippen LogP contribution in [0.5, 0.6) is 11.6 Å². The highest BCUT2D eigenvalue weighted by Gasteiger charge is 2.18. The van der Waals surface area contributed by atoms with E-state index in [1.54, 1.807) is 4.68 Å². The number of fused-ring (bicyclic) bond motifs is 1. The summed E-state index contributed by atoms with van der Waals surface area (Å²) in [7, 11) is 1.87. The molecule has 0 fully saturated rings. The van der Waals surface area contributed by atoms with E-state index < -0.39 is 0 Å². The van der Waals surface area contributed by atoms with Crippen molar-refractivity contribution < 1.29 is 4.74 Å². The first-order valence-electron chi connectivity index (χ1n) is 7.18. The zero-order valence-electron chi connectivity index (χ0n) is 12.3. The molecule has 106 valence electrons. The Morgan fingerprint density at radius 3 is 2.70 bits per heavy atom. The third-order valence-electron chi connectivity index (χ3n) is 3.89. The lowest BCUT2D eigenvalue weighted by Crippen LogP contribution is -1.97. The molecule has 20 heavy (non-hydrogen) atoms. The Labute approximate surface area is 119 Å². The molecule has 0 aliphatic heterocycles. The van der Waals surface area contributed by atoms with Gasteiger partial charge in [-0.25, -0.2) is 4.68 Å². The molecule has 3 rings (SSSR count). The SMILES string of the molecule is CC(C)c1nn(C)c(Oc2ccc3c(c2)CCC3)c1N. The zero-order valence-corrected chi connectivity index (χ0v) is 12.3. The van der Waals surface area contributed by atoms with E-state index in [4.69, 9.17) is 10.5 Å².